The van der Waals surface area contributed by atoms with E-state index >= 15 is 8.78 Å². The molecule has 0 aliphatic heterocycles. The number of aliphatic hydroxyl groups is 1. The Hall–Kier alpha value is -5.38. The molecule has 5 aromatic rings. The number of carbonyl (C=O) groups excluding carboxylic acids is 2. The SMILES string of the molecule is CSC(C)(C)C#Cc1ccc(-c2ccc(Cl)c3c(N(C(=O)OCCCCO)S(C)=O)nn(CC(F)(F)F)c23)c(C(Cc2cc(F)cc(F)c2)NC(=O)Cn2nc(C(F)(F)F)c3c2C(F)(F)CC3)n1. The smallest absolute Gasteiger partial charge is 0.435 e. The number of nitrogens with zero attached hydrogens (tertiary/aromatic N) is 6. The lowest BCUT2D eigenvalue weighted by atomic mass is 9.93. The molecule has 0 radical (unpaired) electrons. The van der Waals surface area contributed by atoms with Gasteiger partial charge in [0.2, 0.25) is 5.91 Å². The first-order chi connectivity index (χ1) is 31.7. The molecule has 0 spiro atoms. The van der Waals surface area contributed by atoms with Crippen LogP contribution >= 0.6 is 23.4 Å². The predicted molar refractivity (Wildman–Crippen MR) is 233 cm³/mol. The van der Waals surface area contributed by atoms with Crippen molar-refractivity contribution >= 4 is 63.1 Å². The second kappa shape index (κ2) is 20.3. The zero-order valence-electron chi connectivity index (χ0n) is 36.2. The lowest BCUT2D eigenvalue weighted by molar-refractivity contribution is -0.142. The number of ether oxygens (including phenoxy) is 1. The van der Waals surface area contributed by atoms with Crippen molar-refractivity contribution < 1.29 is 67.5 Å². The summed E-state index contributed by atoms with van der Waals surface area (Å²) in [6, 6.07) is 5.82. The fourth-order valence-electron chi connectivity index (χ4n) is 7.40. The summed E-state index contributed by atoms with van der Waals surface area (Å²) in [5, 5.41) is 18.4. The lowest BCUT2D eigenvalue weighted by Crippen LogP contribution is -2.35. The van der Waals surface area contributed by atoms with Crippen LogP contribution in [0.2, 0.25) is 5.02 Å². The van der Waals surface area contributed by atoms with Gasteiger partial charge in [-0.2, -0.15) is 49.6 Å². The van der Waals surface area contributed by atoms with Crippen LogP contribution in [0.15, 0.2) is 42.5 Å². The summed E-state index contributed by atoms with van der Waals surface area (Å²) in [6.07, 6.45) is -10.6. The van der Waals surface area contributed by atoms with Crippen molar-refractivity contribution in [3.63, 3.8) is 0 Å². The van der Waals surface area contributed by atoms with E-state index in [4.69, 9.17) is 21.4 Å². The Bertz CT molecular complexity index is 2800. The Labute approximate surface area is 393 Å². The molecule has 68 heavy (non-hydrogen) atoms. The highest BCUT2D eigenvalue weighted by molar-refractivity contribution is 8.00. The van der Waals surface area contributed by atoms with Crippen LogP contribution in [0.1, 0.15) is 73.1 Å². The van der Waals surface area contributed by atoms with Crippen LogP contribution in [0.4, 0.5) is 54.5 Å². The number of rotatable bonds is 15. The van der Waals surface area contributed by atoms with Crippen LogP contribution in [0.25, 0.3) is 22.0 Å². The van der Waals surface area contributed by atoms with Crippen molar-refractivity contribution in [2.24, 2.45) is 0 Å². The van der Waals surface area contributed by atoms with Crippen LogP contribution in [-0.2, 0) is 58.5 Å². The number of aliphatic hydroxyl groups excluding tert-OH is 1. The highest BCUT2D eigenvalue weighted by Gasteiger charge is 2.50. The number of fused-ring (bicyclic) bond motifs is 2. The Kier molecular flexibility index (Phi) is 15.5. The number of unbranched alkanes of at least 4 members (excludes halogenated alkanes) is 1. The quantitative estimate of drug-likeness (QED) is 0.0596. The van der Waals surface area contributed by atoms with Gasteiger partial charge in [0, 0.05) is 42.0 Å². The summed E-state index contributed by atoms with van der Waals surface area (Å²) < 4.78 is 164. The fourth-order valence-corrected chi connectivity index (χ4v) is 8.42. The van der Waals surface area contributed by atoms with Crippen LogP contribution in [0, 0.1) is 23.5 Å². The molecule has 0 saturated carbocycles. The Balaban J connectivity index is 1.60. The summed E-state index contributed by atoms with van der Waals surface area (Å²) >= 11 is 8.03. The molecule has 0 saturated heterocycles. The molecular weight excluding hydrogens is 984 g/mol. The Morgan fingerprint density at radius 3 is 2.32 bits per heavy atom. The molecule has 0 bridgehead atoms. The molecule has 2 N–H and O–H groups in total. The number of hydrogen-bond donors (Lipinski definition) is 2. The summed E-state index contributed by atoms with van der Waals surface area (Å²) in [4.78, 5) is 32.1. The molecule has 3 aromatic heterocycles. The van der Waals surface area contributed by atoms with E-state index in [0.717, 1.165) is 18.4 Å². The summed E-state index contributed by atoms with van der Waals surface area (Å²) in [7, 11) is -2.36. The van der Waals surface area contributed by atoms with E-state index in [1.807, 2.05) is 0 Å². The molecule has 2 amide bonds. The number of carbonyl (C=O) groups is 2. The average Bonchev–Trinajstić information content (AvgIpc) is 3.89. The van der Waals surface area contributed by atoms with Crippen molar-refractivity contribution in [2.75, 3.05) is 30.0 Å². The number of nitrogens with one attached hydrogen (secondary N) is 1. The van der Waals surface area contributed by atoms with E-state index in [1.165, 1.54) is 36.0 Å². The highest BCUT2D eigenvalue weighted by atomic mass is 35.5. The summed E-state index contributed by atoms with van der Waals surface area (Å²) in [5.74, 6) is -1.94. The maximum absolute atomic E-state index is 15.1. The van der Waals surface area contributed by atoms with E-state index in [9.17, 15) is 48.9 Å². The third-order valence-corrected chi connectivity index (χ3v) is 12.7. The third kappa shape index (κ3) is 11.9. The minimum Gasteiger partial charge on any atom is -0.448 e. The van der Waals surface area contributed by atoms with Crippen molar-refractivity contribution in [1.82, 2.24) is 29.9 Å². The Morgan fingerprint density at radius 2 is 1.71 bits per heavy atom. The first-order valence-corrected chi connectivity index (χ1v) is 23.4. The number of halogens is 11. The minimum absolute atomic E-state index is 0.0129. The van der Waals surface area contributed by atoms with Gasteiger partial charge in [0.25, 0.3) is 5.92 Å². The molecule has 6 rings (SSSR count). The number of hydrogen-bond acceptors (Lipinski definition) is 9. The predicted octanol–water partition coefficient (Wildman–Crippen LogP) is 9.45. The molecule has 2 atom stereocenters. The van der Waals surface area contributed by atoms with Gasteiger partial charge in [0.15, 0.2) is 11.5 Å². The topological polar surface area (TPSA) is 144 Å². The number of alkyl halides is 8. The zero-order chi connectivity index (χ0) is 50.1. The van der Waals surface area contributed by atoms with E-state index in [0.29, 0.717) is 15.1 Å². The zero-order valence-corrected chi connectivity index (χ0v) is 38.6. The molecular formula is C43H40ClF10N7O5S2. The Morgan fingerprint density at radius 1 is 1.03 bits per heavy atom. The number of amides is 2. The maximum atomic E-state index is 15.1. The highest BCUT2D eigenvalue weighted by Crippen LogP contribution is 2.47. The fraction of sp³-hybridized carbons (Fsp3) is 0.419. The first-order valence-electron chi connectivity index (χ1n) is 20.3. The van der Waals surface area contributed by atoms with Gasteiger partial charge in [-0.1, -0.05) is 23.6 Å². The van der Waals surface area contributed by atoms with Crippen LogP contribution in [0.3, 0.4) is 0 Å². The molecule has 2 aromatic carbocycles. The van der Waals surface area contributed by atoms with E-state index < -0.39 is 124 Å². The molecule has 366 valence electrons. The number of aromatic nitrogens is 5. The summed E-state index contributed by atoms with van der Waals surface area (Å²) in [5.41, 5.74) is -4.72. The van der Waals surface area contributed by atoms with Crippen molar-refractivity contribution in [2.45, 2.75) is 88.1 Å². The standard InChI is InChI=1S/C43H40ClF10N7O5S2/c1-40(2,67-3)13-11-26-7-8-27(28-9-10-30(44)33-35(28)60(22-42(49,50)51)58-38(33)61(68(4)65)39(64)66-16-6-5-15-62)34(55-26)31(19-23-17-24(45)20-25(46)18-23)56-32(63)21-59-37-29(12-14-41(37,47)48)36(57-59)43(52,53)54/h7-10,17-18,20,31,62H,5-6,12,14-16,19,21-22H2,1-4H3,(H,56,63). The van der Waals surface area contributed by atoms with Gasteiger partial charge in [-0.25, -0.2) is 22.8 Å². The monoisotopic (exact) mass is 1020 g/mol. The van der Waals surface area contributed by atoms with Crippen molar-refractivity contribution in [3.8, 4) is 23.0 Å². The van der Waals surface area contributed by atoms with E-state index in [1.54, 1.807) is 20.1 Å². The van der Waals surface area contributed by atoms with Gasteiger partial charge in [-0.05, 0) is 87.6 Å². The first kappa shape index (κ1) is 52.0. The molecule has 3 heterocycles. The van der Waals surface area contributed by atoms with Gasteiger partial charge < -0.3 is 15.2 Å². The molecule has 25 heteroatoms. The summed E-state index contributed by atoms with van der Waals surface area (Å²) in [6.45, 7) is -0.0343. The van der Waals surface area contributed by atoms with Gasteiger partial charge >= 0.3 is 18.4 Å². The normalized spacial score (nSPS) is 14.6. The maximum Gasteiger partial charge on any atom is 0.435 e. The van der Waals surface area contributed by atoms with E-state index in [-0.39, 0.29) is 69.2 Å². The van der Waals surface area contributed by atoms with E-state index in [2.05, 4.69) is 32.3 Å². The number of benzene rings is 2. The second-order valence-electron chi connectivity index (χ2n) is 15.9. The largest absolute Gasteiger partial charge is 0.448 e. The van der Waals surface area contributed by atoms with Crippen LogP contribution in [0.5, 0.6) is 0 Å². The van der Waals surface area contributed by atoms with Crippen molar-refractivity contribution in [1.29, 1.82) is 0 Å². The molecule has 0 fully saturated rings. The van der Waals surface area contributed by atoms with Gasteiger partial charge in [-0.3, -0.25) is 14.2 Å². The lowest BCUT2D eigenvalue weighted by Gasteiger charge is -2.23. The second-order valence-corrected chi connectivity index (χ2v) is 19.0. The molecule has 12 nitrogen and oxygen atoms in total. The molecule has 1 aliphatic carbocycles. The van der Waals surface area contributed by atoms with Gasteiger partial charge in [-0.15, -0.1) is 11.8 Å². The number of thioether (sulfide) groups is 1. The number of anilines is 1. The van der Waals surface area contributed by atoms with Crippen LogP contribution in [-0.4, -0.2) is 82.5 Å². The van der Waals surface area contributed by atoms with Crippen molar-refractivity contribution in [3.05, 3.63) is 93.0 Å². The van der Waals surface area contributed by atoms with Crippen LogP contribution < -0.4 is 9.62 Å². The minimum atomic E-state index is -5.17. The third-order valence-electron chi connectivity index (χ3n) is 10.4. The molecule has 2 unspecified atom stereocenters. The van der Waals surface area contributed by atoms with Gasteiger partial charge in [0.1, 0.15) is 47.1 Å². The molecule has 1 aliphatic rings. The van der Waals surface area contributed by atoms with Gasteiger partial charge in [0.05, 0.1) is 39.0 Å². The average molecular weight is 1020 g/mol. The number of pyridine rings is 1.